The average Bonchev–Trinajstić information content (AvgIpc) is 2.56. The van der Waals surface area contributed by atoms with E-state index in [9.17, 15) is 4.79 Å². The number of hydrogen-bond donors (Lipinski definition) is 0. The van der Waals surface area contributed by atoms with Crippen molar-refractivity contribution in [1.29, 1.82) is 0 Å². The molecule has 0 saturated heterocycles. The van der Waals surface area contributed by atoms with Crippen LogP contribution in [0.5, 0.6) is 0 Å². The third kappa shape index (κ3) is 4.10. The fourth-order valence-corrected chi connectivity index (χ4v) is 2.63. The maximum atomic E-state index is 11.8. The van der Waals surface area contributed by atoms with E-state index >= 15 is 0 Å². The van der Waals surface area contributed by atoms with Crippen LogP contribution in [-0.2, 0) is 12.8 Å². The van der Waals surface area contributed by atoms with Crippen molar-refractivity contribution >= 4 is 5.78 Å². The Labute approximate surface area is 136 Å². The maximum absolute atomic E-state index is 11.8. The van der Waals surface area contributed by atoms with E-state index in [-0.39, 0.29) is 5.78 Å². The van der Waals surface area contributed by atoms with Gasteiger partial charge >= 0.3 is 0 Å². The average molecular weight is 302 g/mol. The van der Waals surface area contributed by atoms with Crippen LogP contribution in [-0.4, -0.2) is 15.8 Å². The first-order valence-corrected chi connectivity index (χ1v) is 7.63. The fraction of sp³-hybridized carbons (Fsp3) is 0.150. The smallest absolute Gasteiger partial charge is 0.159 e. The van der Waals surface area contributed by atoms with Gasteiger partial charge < -0.3 is 0 Å². The maximum Gasteiger partial charge on any atom is 0.159 e. The van der Waals surface area contributed by atoms with Crippen molar-refractivity contribution in [3.05, 3.63) is 95.1 Å². The molecule has 3 rings (SSSR count). The molecular weight excluding hydrogens is 284 g/mol. The van der Waals surface area contributed by atoms with Crippen LogP contribution in [0.3, 0.4) is 0 Å². The second-order valence-corrected chi connectivity index (χ2v) is 5.63. The van der Waals surface area contributed by atoms with Gasteiger partial charge in [0.15, 0.2) is 5.78 Å². The highest BCUT2D eigenvalue weighted by atomic mass is 16.1. The lowest BCUT2D eigenvalue weighted by Gasteiger charge is -2.09. The number of ketones is 1. The molecule has 1 aromatic heterocycles. The predicted molar refractivity (Wildman–Crippen MR) is 90.5 cm³/mol. The normalized spacial score (nSPS) is 10.5. The van der Waals surface area contributed by atoms with Crippen molar-refractivity contribution in [1.82, 2.24) is 9.97 Å². The van der Waals surface area contributed by atoms with Crippen LogP contribution >= 0.6 is 0 Å². The molecule has 0 fully saturated rings. The molecule has 0 unspecified atom stereocenters. The molecule has 0 amide bonds. The summed E-state index contributed by atoms with van der Waals surface area (Å²) in [6.07, 6.45) is 6.61. The van der Waals surface area contributed by atoms with Gasteiger partial charge in [0, 0.05) is 30.6 Å². The Morgan fingerprint density at radius 2 is 1.65 bits per heavy atom. The number of carbonyl (C=O) groups is 1. The SMILES string of the molecule is CC(=O)c1cc(Cc2ccccc2)cc(Cc2cnccn2)c1. The van der Waals surface area contributed by atoms with Gasteiger partial charge in [-0.15, -0.1) is 0 Å². The summed E-state index contributed by atoms with van der Waals surface area (Å²) in [5.74, 6) is 0.0836. The van der Waals surface area contributed by atoms with Crippen molar-refractivity contribution in [2.24, 2.45) is 0 Å². The zero-order valence-electron chi connectivity index (χ0n) is 13.1. The summed E-state index contributed by atoms with van der Waals surface area (Å²) in [6.45, 7) is 1.60. The molecule has 3 aromatic rings. The monoisotopic (exact) mass is 302 g/mol. The lowest BCUT2D eigenvalue weighted by atomic mass is 9.96. The van der Waals surface area contributed by atoms with E-state index in [0.717, 1.165) is 28.8 Å². The van der Waals surface area contributed by atoms with Crippen LogP contribution in [0.25, 0.3) is 0 Å². The number of aromatic nitrogens is 2. The quantitative estimate of drug-likeness (QED) is 0.672. The highest BCUT2D eigenvalue weighted by Crippen LogP contribution is 2.17. The molecule has 0 aliphatic rings. The largest absolute Gasteiger partial charge is 0.295 e. The molecule has 0 N–H and O–H groups in total. The summed E-state index contributed by atoms with van der Waals surface area (Å²) >= 11 is 0. The Balaban J connectivity index is 1.91. The van der Waals surface area contributed by atoms with E-state index in [2.05, 4.69) is 28.2 Å². The Hall–Kier alpha value is -2.81. The minimum atomic E-state index is 0.0836. The summed E-state index contributed by atoms with van der Waals surface area (Å²) < 4.78 is 0. The van der Waals surface area contributed by atoms with E-state index in [0.29, 0.717) is 6.42 Å². The van der Waals surface area contributed by atoms with Crippen LogP contribution in [0.1, 0.15) is 39.7 Å². The first-order chi connectivity index (χ1) is 11.2. The second kappa shape index (κ2) is 6.97. The van der Waals surface area contributed by atoms with Gasteiger partial charge in [-0.25, -0.2) is 0 Å². The highest BCUT2D eigenvalue weighted by molar-refractivity contribution is 5.94. The van der Waals surface area contributed by atoms with Crippen LogP contribution in [0.15, 0.2) is 67.1 Å². The molecule has 23 heavy (non-hydrogen) atoms. The molecule has 0 atom stereocenters. The Morgan fingerprint density at radius 1 is 0.913 bits per heavy atom. The van der Waals surface area contributed by atoms with Gasteiger partial charge in [0.2, 0.25) is 0 Å². The van der Waals surface area contributed by atoms with Crippen LogP contribution in [0.2, 0.25) is 0 Å². The van der Waals surface area contributed by atoms with E-state index in [1.807, 2.05) is 30.3 Å². The van der Waals surface area contributed by atoms with E-state index in [4.69, 9.17) is 0 Å². The predicted octanol–water partition coefficient (Wildman–Crippen LogP) is 3.86. The van der Waals surface area contributed by atoms with Crippen LogP contribution < -0.4 is 0 Å². The number of carbonyl (C=O) groups excluding carboxylic acids is 1. The van der Waals surface area contributed by atoms with Gasteiger partial charge in [0.05, 0.1) is 5.69 Å². The molecule has 2 aromatic carbocycles. The van der Waals surface area contributed by atoms with Crippen molar-refractivity contribution in [3.63, 3.8) is 0 Å². The minimum Gasteiger partial charge on any atom is -0.295 e. The summed E-state index contributed by atoms with van der Waals surface area (Å²) in [4.78, 5) is 20.2. The standard InChI is InChI=1S/C20H18N2O/c1-15(23)19-11-17(9-16-5-3-2-4-6-16)10-18(12-19)13-20-14-21-7-8-22-20/h2-8,10-12,14H,9,13H2,1H3. The number of benzene rings is 2. The Bertz CT molecular complexity index is 739. The van der Waals surface area contributed by atoms with E-state index in [1.54, 1.807) is 25.5 Å². The third-order valence-electron chi connectivity index (χ3n) is 3.71. The fourth-order valence-electron chi connectivity index (χ4n) is 2.63. The number of Topliss-reactive ketones (excluding diaryl/α,β-unsaturated/α-hetero) is 1. The lowest BCUT2D eigenvalue weighted by Crippen LogP contribution is -2.00. The van der Waals surface area contributed by atoms with Gasteiger partial charge in [-0.3, -0.25) is 14.8 Å². The summed E-state index contributed by atoms with van der Waals surface area (Å²) in [5.41, 5.74) is 5.11. The minimum absolute atomic E-state index is 0.0836. The molecule has 3 nitrogen and oxygen atoms in total. The highest BCUT2D eigenvalue weighted by Gasteiger charge is 2.07. The zero-order valence-corrected chi connectivity index (χ0v) is 13.1. The van der Waals surface area contributed by atoms with Crippen molar-refractivity contribution < 1.29 is 4.79 Å². The van der Waals surface area contributed by atoms with Crippen LogP contribution in [0, 0.1) is 0 Å². The molecule has 0 bridgehead atoms. The van der Waals surface area contributed by atoms with Crippen molar-refractivity contribution in [2.75, 3.05) is 0 Å². The van der Waals surface area contributed by atoms with E-state index < -0.39 is 0 Å². The first kappa shape index (κ1) is 15.1. The van der Waals surface area contributed by atoms with Gasteiger partial charge in [-0.2, -0.15) is 0 Å². The number of nitrogens with zero attached hydrogens (tertiary/aromatic N) is 2. The van der Waals surface area contributed by atoms with Crippen molar-refractivity contribution in [2.45, 2.75) is 19.8 Å². The van der Waals surface area contributed by atoms with Gasteiger partial charge in [0.1, 0.15) is 0 Å². The molecule has 3 heteroatoms. The Morgan fingerprint density at radius 3 is 2.30 bits per heavy atom. The van der Waals surface area contributed by atoms with Crippen molar-refractivity contribution in [3.8, 4) is 0 Å². The van der Waals surface area contributed by atoms with Gasteiger partial charge in [-0.05, 0) is 42.2 Å². The zero-order chi connectivity index (χ0) is 16.1. The van der Waals surface area contributed by atoms with Gasteiger partial charge in [0.25, 0.3) is 0 Å². The second-order valence-electron chi connectivity index (χ2n) is 5.63. The van der Waals surface area contributed by atoms with Gasteiger partial charge in [-0.1, -0.05) is 36.4 Å². The summed E-state index contributed by atoms with van der Waals surface area (Å²) in [6, 6.07) is 16.4. The third-order valence-corrected chi connectivity index (χ3v) is 3.71. The topological polar surface area (TPSA) is 42.9 Å². The summed E-state index contributed by atoms with van der Waals surface area (Å²) in [7, 11) is 0. The summed E-state index contributed by atoms with van der Waals surface area (Å²) in [5, 5.41) is 0. The molecule has 0 aliphatic heterocycles. The number of hydrogen-bond acceptors (Lipinski definition) is 3. The Kier molecular flexibility index (Phi) is 4.57. The number of rotatable bonds is 5. The lowest BCUT2D eigenvalue weighted by molar-refractivity contribution is 0.101. The molecule has 114 valence electrons. The first-order valence-electron chi connectivity index (χ1n) is 7.63. The molecular formula is C20H18N2O. The molecule has 1 heterocycles. The molecule has 0 aliphatic carbocycles. The molecule has 0 saturated carbocycles. The molecule has 0 radical (unpaired) electrons. The van der Waals surface area contributed by atoms with Crippen LogP contribution in [0.4, 0.5) is 0 Å². The van der Waals surface area contributed by atoms with E-state index in [1.165, 1.54) is 5.56 Å². The molecule has 0 spiro atoms.